The van der Waals surface area contributed by atoms with E-state index >= 15 is 0 Å². The van der Waals surface area contributed by atoms with Crippen LogP contribution in [0.1, 0.15) is 44.3 Å². The molecule has 116 valence electrons. The van der Waals surface area contributed by atoms with Crippen LogP contribution in [0.4, 0.5) is 0 Å². The van der Waals surface area contributed by atoms with Crippen molar-refractivity contribution < 1.29 is 4.79 Å². The van der Waals surface area contributed by atoms with E-state index in [4.69, 9.17) is 0 Å². The first kappa shape index (κ1) is 14.8. The van der Waals surface area contributed by atoms with E-state index in [2.05, 4.69) is 15.3 Å². The molecule has 5 heteroatoms. The van der Waals surface area contributed by atoms with E-state index in [0.29, 0.717) is 42.0 Å². The molecule has 1 aromatic carbocycles. The van der Waals surface area contributed by atoms with E-state index in [1.54, 1.807) is 6.07 Å². The van der Waals surface area contributed by atoms with E-state index in [1.807, 2.05) is 18.2 Å². The highest BCUT2D eigenvalue weighted by Gasteiger charge is 2.16. The molecule has 0 spiro atoms. The third-order valence-electron chi connectivity index (χ3n) is 4.20. The molecule has 1 aliphatic carbocycles. The molecule has 3 rings (SSSR count). The van der Waals surface area contributed by atoms with E-state index < -0.39 is 0 Å². The number of para-hydroxylation sites is 1. The first-order chi connectivity index (χ1) is 10.7. The smallest absolute Gasteiger partial charge is 0.258 e. The fraction of sp³-hybridized carbons (Fsp3) is 0.471. The number of aryl methyl sites for hydroxylation is 1. The maximum atomic E-state index is 12.0. The minimum Gasteiger partial charge on any atom is -0.353 e. The lowest BCUT2D eigenvalue weighted by Gasteiger charge is -2.11. The van der Waals surface area contributed by atoms with Gasteiger partial charge in [0.2, 0.25) is 5.91 Å². The Balaban J connectivity index is 1.55. The second kappa shape index (κ2) is 6.73. The van der Waals surface area contributed by atoms with Crippen LogP contribution >= 0.6 is 0 Å². The number of hydrogen-bond donors (Lipinski definition) is 2. The van der Waals surface area contributed by atoms with Gasteiger partial charge in [0.1, 0.15) is 5.82 Å². The molecule has 2 N–H and O–H groups in total. The van der Waals surface area contributed by atoms with Gasteiger partial charge >= 0.3 is 0 Å². The summed E-state index contributed by atoms with van der Waals surface area (Å²) in [6.45, 7) is 0. The number of hydrogen-bond acceptors (Lipinski definition) is 3. The van der Waals surface area contributed by atoms with Crippen LogP contribution in [0.2, 0.25) is 0 Å². The number of H-pyrrole nitrogens is 1. The number of carbonyl (C=O) groups excluding carboxylic acids is 1. The average molecular weight is 299 g/mol. The Morgan fingerprint density at radius 1 is 1.27 bits per heavy atom. The second-order valence-electron chi connectivity index (χ2n) is 5.93. The third-order valence-corrected chi connectivity index (χ3v) is 4.20. The highest BCUT2D eigenvalue weighted by Crippen LogP contribution is 2.17. The summed E-state index contributed by atoms with van der Waals surface area (Å²) in [5.41, 5.74) is 0.590. The molecule has 0 bridgehead atoms. The summed E-state index contributed by atoms with van der Waals surface area (Å²) in [6, 6.07) is 7.66. The molecule has 0 radical (unpaired) electrons. The van der Waals surface area contributed by atoms with Gasteiger partial charge in [-0.2, -0.15) is 0 Å². The molecule has 1 aliphatic rings. The molecule has 0 aliphatic heterocycles. The van der Waals surface area contributed by atoms with Crippen molar-refractivity contribution in [2.75, 3.05) is 0 Å². The number of rotatable bonds is 5. The molecule has 0 saturated heterocycles. The number of benzene rings is 1. The molecule has 5 nitrogen and oxygen atoms in total. The molecule has 1 saturated carbocycles. The first-order valence-electron chi connectivity index (χ1n) is 8.00. The number of carbonyl (C=O) groups is 1. The van der Waals surface area contributed by atoms with Crippen LogP contribution in [-0.4, -0.2) is 21.9 Å². The summed E-state index contributed by atoms with van der Waals surface area (Å²) in [6.07, 6.45) is 6.42. The zero-order valence-corrected chi connectivity index (χ0v) is 12.6. The van der Waals surface area contributed by atoms with Crippen molar-refractivity contribution in [1.82, 2.24) is 15.3 Å². The van der Waals surface area contributed by atoms with Crippen molar-refractivity contribution in [3.8, 4) is 0 Å². The van der Waals surface area contributed by atoms with E-state index in [9.17, 15) is 9.59 Å². The van der Waals surface area contributed by atoms with Gasteiger partial charge in [-0.25, -0.2) is 4.98 Å². The van der Waals surface area contributed by atoms with Crippen LogP contribution in [0.5, 0.6) is 0 Å². The standard InChI is InChI=1S/C17H21N3O2/c21-16(18-12-6-1-2-7-12)11-5-10-15-19-14-9-4-3-8-13(14)17(22)20-15/h3-4,8-9,12H,1-2,5-7,10-11H2,(H,18,21)(H,19,20,22). The van der Waals surface area contributed by atoms with E-state index in [0.717, 1.165) is 12.8 Å². The van der Waals surface area contributed by atoms with Crippen LogP contribution in [0.25, 0.3) is 10.9 Å². The molecule has 0 atom stereocenters. The lowest BCUT2D eigenvalue weighted by Crippen LogP contribution is -2.32. The maximum absolute atomic E-state index is 12.0. The van der Waals surface area contributed by atoms with Gasteiger partial charge in [-0.3, -0.25) is 9.59 Å². The molecule has 2 aromatic rings. The van der Waals surface area contributed by atoms with Crippen LogP contribution < -0.4 is 10.9 Å². The van der Waals surface area contributed by atoms with Crippen LogP contribution in [-0.2, 0) is 11.2 Å². The molecular formula is C17H21N3O2. The number of aromatic nitrogens is 2. The highest BCUT2D eigenvalue weighted by atomic mass is 16.1. The van der Waals surface area contributed by atoms with Crippen LogP contribution in [0, 0.1) is 0 Å². The Labute approximate surface area is 129 Å². The van der Waals surface area contributed by atoms with Crippen molar-refractivity contribution in [2.45, 2.75) is 51.0 Å². The van der Waals surface area contributed by atoms with Gasteiger partial charge in [0, 0.05) is 18.9 Å². The number of nitrogens with zero attached hydrogens (tertiary/aromatic N) is 1. The van der Waals surface area contributed by atoms with Crippen molar-refractivity contribution in [2.24, 2.45) is 0 Å². The average Bonchev–Trinajstić information content (AvgIpc) is 3.00. The topological polar surface area (TPSA) is 74.8 Å². The van der Waals surface area contributed by atoms with Gasteiger partial charge in [0.25, 0.3) is 5.56 Å². The molecule has 22 heavy (non-hydrogen) atoms. The zero-order valence-electron chi connectivity index (χ0n) is 12.6. The van der Waals surface area contributed by atoms with Crippen LogP contribution in [0.15, 0.2) is 29.1 Å². The minimum absolute atomic E-state index is 0.107. The molecule has 0 unspecified atom stereocenters. The Morgan fingerprint density at radius 2 is 2.05 bits per heavy atom. The quantitative estimate of drug-likeness (QED) is 0.889. The van der Waals surface area contributed by atoms with Crippen molar-refractivity contribution >= 4 is 16.8 Å². The van der Waals surface area contributed by atoms with Crippen molar-refractivity contribution in [3.63, 3.8) is 0 Å². The van der Waals surface area contributed by atoms with Gasteiger partial charge in [0.15, 0.2) is 0 Å². The third kappa shape index (κ3) is 3.53. The number of amides is 1. The summed E-state index contributed by atoms with van der Waals surface area (Å²) >= 11 is 0. The van der Waals surface area contributed by atoms with Crippen molar-refractivity contribution in [1.29, 1.82) is 0 Å². The molecule has 1 heterocycles. The summed E-state index contributed by atoms with van der Waals surface area (Å²) in [7, 11) is 0. The molecule has 1 aromatic heterocycles. The lowest BCUT2D eigenvalue weighted by molar-refractivity contribution is -0.121. The Morgan fingerprint density at radius 3 is 2.86 bits per heavy atom. The van der Waals surface area contributed by atoms with Crippen LogP contribution in [0.3, 0.4) is 0 Å². The van der Waals surface area contributed by atoms with Gasteiger partial charge < -0.3 is 10.3 Å². The summed E-state index contributed by atoms with van der Waals surface area (Å²) in [5.74, 6) is 0.757. The predicted octanol–water partition coefficient (Wildman–Crippen LogP) is 2.30. The lowest BCUT2D eigenvalue weighted by atomic mass is 10.2. The molecule has 1 fully saturated rings. The van der Waals surface area contributed by atoms with Gasteiger partial charge in [0.05, 0.1) is 10.9 Å². The van der Waals surface area contributed by atoms with Gasteiger partial charge in [-0.15, -0.1) is 0 Å². The number of fused-ring (bicyclic) bond motifs is 1. The maximum Gasteiger partial charge on any atom is 0.258 e. The summed E-state index contributed by atoms with van der Waals surface area (Å²) in [5, 5.41) is 3.68. The predicted molar refractivity (Wildman–Crippen MR) is 85.7 cm³/mol. The van der Waals surface area contributed by atoms with Gasteiger partial charge in [-0.05, 0) is 31.4 Å². The Kier molecular flexibility index (Phi) is 4.51. The SMILES string of the molecule is O=C(CCCc1nc2ccccc2c(=O)[nH]1)NC1CCCC1. The zero-order chi connectivity index (χ0) is 15.4. The van der Waals surface area contributed by atoms with Crippen molar-refractivity contribution in [3.05, 3.63) is 40.4 Å². The minimum atomic E-state index is -0.115. The monoisotopic (exact) mass is 299 g/mol. The largest absolute Gasteiger partial charge is 0.353 e. The summed E-state index contributed by atoms with van der Waals surface area (Å²) in [4.78, 5) is 31.1. The Bertz CT molecular complexity index is 717. The number of nitrogens with one attached hydrogen (secondary N) is 2. The number of aromatic amines is 1. The van der Waals surface area contributed by atoms with E-state index in [-0.39, 0.29) is 11.5 Å². The fourth-order valence-corrected chi connectivity index (χ4v) is 3.04. The molecule has 1 amide bonds. The summed E-state index contributed by atoms with van der Waals surface area (Å²) < 4.78 is 0. The van der Waals surface area contributed by atoms with E-state index in [1.165, 1.54) is 12.8 Å². The highest BCUT2D eigenvalue weighted by molar-refractivity contribution is 5.77. The fourth-order valence-electron chi connectivity index (χ4n) is 3.04. The second-order valence-corrected chi connectivity index (χ2v) is 5.93. The first-order valence-corrected chi connectivity index (χ1v) is 8.00. The normalized spacial score (nSPS) is 15.3. The molecular weight excluding hydrogens is 278 g/mol. The Hall–Kier alpha value is -2.17. The van der Waals surface area contributed by atoms with Gasteiger partial charge in [-0.1, -0.05) is 25.0 Å².